The van der Waals surface area contributed by atoms with Crippen LogP contribution >= 0.6 is 0 Å². The highest BCUT2D eigenvalue weighted by Gasteiger charge is 2.28. The van der Waals surface area contributed by atoms with E-state index >= 15 is 0 Å². The topological polar surface area (TPSA) is 76.0 Å². The molecule has 13 heavy (non-hydrogen) atoms. The highest BCUT2D eigenvalue weighted by Crippen LogP contribution is 2.19. The van der Waals surface area contributed by atoms with E-state index in [1.807, 2.05) is 0 Å². The summed E-state index contributed by atoms with van der Waals surface area (Å²) >= 11 is 0. The lowest BCUT2D eigenvalue weighted by atomic mass is 9.88. The lowest BCUT2D eigenvalue weighted by Crippen LogP contribution is -2.26. The smallest absolute Gasteiger partial charge is 0.309 e. The molecule has 0 unspecified atom stereocenters. The van der Waals surface area contributed by atoms with Crippen molar-refractivity contribution in [2.24, 2.45) is 5.41 Å². The number of hydrogen-bond acceptors (Lipinski definition) is 4. The van der Waals surface area contributed by atoms with Crippen molar-refractivity contribution >= 4 is 5.97 Å². The molecule has 0 fully saturated rings. The Labute approximate surface area is 75.8 Å². The minimum Gasteiger partial charge on any atom is -0.481 e. The molecule has 1 aromatic rings. The van der Waals surface area contributed by atoms with Gasteiger partial charge in [-0.05, 0) is 13.8 Å². The summed E-state index contributed by atoms with van der Waals surface area (Å²) < 4.78 is 0. The summed E-state index contributed by atoms with van der Waals surface area (Å²) in [4.78, 5) is 14.5. The van der Waals surface area contributed by atoms with Crippen molar-refractivity contribution in [3.05, 3.63) is 18.2 Å². The number of carbonyl (C=O) groups is 1. The number of carboxylic acid groups (broad SMARTS) is 1. The molecular weight excluding hydrogens is 170 g/mol. The van der Waals surface area contributed by atoms with Crippen molar-refractivity contribution in [1.29, 1.82) is 0 Å². The largest absolute Gasteiger partial charge is 0.481 e. The molecule has 0 spiro atoms. The maximum atomic E-state index is 10.8. The molecule has 1 N–H and O–H groups in total. The van der Waals surface area contributed by atoms with Gasteiger partial charge in [0, 0.05) is 6.42 Å². The van der Waals surface area contributed by atoms with Crippen LogP contribution in [-0.2, 0) is 11.2 Å². The lowest BCUT2D eigenvalue weighted by Gasteiger charge is -2.17. The van der Waals surface area contributed by atoms with E-state index in [4.69, 9.17) is 5.11 Å². The number of aliphatic carboxylic acids is 1. The monoisotopic (exact) mass is 181 g/mol. The summed E-state index contributed by atoms with van der Waals surface area (Å²) in [6.07, 6.45) is 3.18. The lowest BCUT2D eigenvalue weighted by molar-refractivity contribution is -0.146. The second kappa shape index (κ2) is 3.47. The van der Waals surface area contributed by atoms with Gasteiger partial charge in [0.2, 0.25) is 0 Å². The van der Waals surface area contributed by atoms with Crippen LogP contribution in [0.5, 0.6) is 0 Å². The summed E-state index contributed by atoms with van der Waals surface area (Å²) in [5, 5.41) is 16.2. The molecule has 0 aliphatic heterocycles. The molecule has 0 aromatic carbocycles. The molecule has 5 heteroatoms. The van der Waals surface area contributed by atoms with Crippen LogP contribution < -0.4 is 0 Å². The fourth-order valence-electron chi connectivity index (χ4n) is 0.884. The average Bonchev–Trinajstić information content (AvgIpc) is 2.05. The Morgan fingerprint density at radius 3 is 2.77 bits per heavy atom. The van der Waals surface area contributed by atoms with Crippen LogP contribution in [0.1, 0.15) is 19.5 Å². The first-order chi connectivity index (χ1) is 6.02. The number of hydrogen-bond donors (Lipinski definition) is 1. The summed E-state index contributed by atoms with van der Waals surface area (Å²) in [6.45, 7) is 3.29. The van der Waals surface area contributed by atoms with Crippen molar-refractivity contribution in [3.8, 4) is 0 Å². The Kier molecular flexibility index (Phi) is 2.55. The zero-order valence-electron chi connectivity index (χ0n) is 7.56. The molecule has 1 heterocycles. The van der Waals surface area contributed by atoms with Gasteiger partial charge in [-0.1, -0.05) is 0 Å². The van der Waals surface area contributed by atoms with E-state index in [0.717, 1.165) is 0 Å². The molecule has 0 atom stereocenters. The molecule has 5 nitrogen and oxygen atoms in total. The van der Waals surface area contributed by atoms with Crippen molar-refractivity contribution in [2.75, 3.05) is 0 Å². The van der Waals surface area contributed by atoms with Gasteiger partial charge in [0.25, 0.3) is 0 Å². The summed E-state index contributed by atoms with van der Waals surface area (Å²) in [7, 11) is 0. The average molecular weight is 181 g/mol. The Morgan fingerprint density at radius 2 is 2.31 bits per heavy atom. The zero-order valence-corrected chi connectivity index (χ0v) is 7.56. The first kappa shape index (κ1) is 9.57. The van der Waals surface area contributed by atoms with Crippen molar-refractivity contribution in [3.63, 3.8) is 0 Å². The number of aromatic nitrogens is 3. The van der Waals surface area contributed by atoms with Gasteiger partial charge in [0.1, 0.15) is 6.33 Å². The zero-order chi connectivity index (χ0) is 9.90. The minimum atomic E-state index is -0.849. The number of nitrogens with zero attached hydrogens (tertiary/aromatic N) is 3. The van der Waals surface area contributed by atoms with Crippen molar-refractivity contribution in [1.82, 2.24) is 15.2 Å². The van der Waals surface area contributed by atoms with Crippen LogP contribution in [-0.4, -0.2) is 26.3 Å². The molecule has 1 aromatic heterocycles. The summed E-state index contributed by atoms with van der Waals surface area (Å²) in [6, 6.07) is 0. The molecule has 0 saturated heterocycles. The normalized spacial score (nSPS) is 11.2. The van der Waals surface area contributed by atoms with Gasteiger partial charge < -0.3 is 5.11 Å². The third-order valence-corrected chi connectivity index (χ3v) is 1.73. The third kappa shape index (κ3) is 2.47. The van der Waals surface area contributed by atoms with Gasteiger partial charge in [-0.3, -0.25) is 4.79 Å². The van der Waals surface area contributed by atoms with Crippen LogP contribution in [0.4, 0.5) is 0 Å². The van der Waals surface area contributed by atoms with E-state index in [9.17, 15) is 4.79 Å². The fourth-order valence-corrected chi connectivity index (χ4v) is 0.884. The SMILES string of the molecule is CC(C)(Cc1cncnn1)C(=O)O. The molecule has 0 radical (unpaired) electrons. The predicted molar refractivity (Wildman–Crippen MR) is 44.9 cm³/mol. The highest BCUT2D eigenvalue weighted by atomic mass is 16.4. The first-order valence-electron chi connectivity index (χ1n) is 3.87. The van der Waals surface area contributed by atoms with Gasteiger partial charge >= 0.3 is 5.97 Å². The van der Waals surface area contributed by atoms with Gasteiger partial charge in [-0.15, -0.1) is 5.10 Å². The number of rotatable bonds is 3. The predicted octanol–water partition coefficient (Wildman–Crippen LogP) is 0.525. The molecule has 70 valence electrons. The molecule has 1 rings (SSSR count). The van der Waals surface area contributed by atoms with Gasteiger partial charge in [0.05, 0.1) is 17.3 Å². The quantitative estimate of drug-likeness (QED) is 0.735. The Morgan fingerprint density at radius 1 is 1.62 bits per heavy atom. The Balaban J connectivity index is 2.75. The second-order valence-electron chi connectivity index (χ2n) is 3.47. The molecule has 0 aliphatic carbocycles. The van der Waals surface area contributed by atoms with Crippen LogP contribution in [0.25, 0.3) is 0 Å². The van der Waals surface area contributed by atoms with Gasteiger partial charge in [0.15, 0.2) is 0 Å². The van der Waals surface area contributed by atoms with Crippen LogP contribution in [0.15, 0.2) is 12.5 Å². The maximum Gasteiger partial charge on any atom is 0.309 e. The molecular formula is C8H11N3O2. The van der Waals surface area contributed by atoms with Crippen LogP contribution in [0, 0.1) is 5.41 Å². The Hall–Kier alpha value is -1.52. The molecule has 0 saturated carbocycles. The maximum absolute atomic E-state index is 10.8. The summed E-state index contributed by atoms with van der Waals surface area (Å²) in [5.41, 5.74) is -0.229. The van der Waals surface area contributed by atoms with Crippen molar-refractivity contribution < 1.29 is 9.90 Å². The van der Waals surface area contributed by atoms with Crippen LogP contribution in [0.3, 0.4) is 0 Å². The third-order valence-electron chi connectivity index (χ3n) is 1.73. The fraction of sp³-hybridized carbons (Fsp3) is 0.500. The van der Waals surface area contributed by atoms with E-state index in [1.165, 1.54) is 12.5 Å². The number of carboxylic acids is 1. The molecule has 0 amide bonds. The summed E-state index contributed by atoms with van der Waals surface area (Å²) in [5.74, 6) is -0.849. The second-order valence-corrected chi connectivity index (χ2v) is 3.47. The van der Waals surface area contributed by atoms with Crippen molar-refractivity contribution in [2.45, 2.75) is 20.3 Å². The van der Waals surface area contributed by atoms with Gasteiger partial charge in [-0.25, -0.2) is 4.98 Å². The highest BCUT2D eigenvalue weighted by molar-refractivity contribution is 5.73. The molecule has 0 bridgehead atoms. The van der Waals surface area contributed by atoms with E-state index in [-0.39, 0.29) is 0 Å². The van der Waals surface area contributed by atoms with Gasteiger partial charge in [-0.2, -0.15) is 5.10 Å². The molecule has 0 aliphatic rings. The van der Waals surface area contributed by atoms with E-state index in [2.05, 4.69) is 15.2 Å². The van der Waals surface area contributed by atoms with E-state index in [0.29, 0.717) is 12.1 Å². The Bertz CT molecular complexity index is 298. The standard InChI is InChI=1S/C8H11N3O2/c1-8(2,7(12)13)3-6-4-9-5-10-11-6/h4-5H,3H2,1-2H3,(H,12,13). The first-order valence-corrected chi connectivity index (χ1v) is 3.87. The van der Waals surface area contributed by atoms with E-state index < -0.39 is 11.4 Å². The minimum absolute atomic E-state index is 0.336. The van der Waals surface area contributed by atoms with E-state index in [1.54, 1.807) is 13.8 Å². The van der Waals surface area contributed by atoms with Crippen LogP contribution in [0.2, 0.25) is 0 Å².